The van der Waals surface area contributed by atoms with Crippen LogP contribution in [0.2, 0.25) is 0 Å². The molecule has 0 bridgehead atoms. The number of halogens is 1. The van der Waals surface area contributed by atoms with E-state index in [1.165, 1.54) is 12.1 Å². The number of nitrogens with zero attached hydrogens (tertiary/aromatic N) is 2. The van der Waals surface area contributed by atoms with Crippen LogP contribution in [0.1, 0.15) is 24.1 Å². The van der Waals surface area contributed by atoms with Crippen LogP contribution in [-0.4, -0.2) is 14.9 Å². The molecule has 2 N–H and O–H groups in total. The van der Waals surface area contributed by atoms with Gasteiger partial charge in [-0.2, -0.15) is 5.10 Å². The second-order valence-electron chi connectivity index (χ2n) is 5.76. The quantitative estimate of drug-likeness (QED) is 0.677. The fourth-order valence-electron chi connectivity index (χ4n) is 2.51. The maximum Gasteiger partial charge on any atom is 0.172 e. The normalized spacial score (nSPS) is 11.8. The molecule has 6 heteroatoms. The molecule has 0 saturated carbocycles. The van der Waals surface area contributed by atoms with Crippen molar-refractivity contribution in [2.45, 2.75) is 19.5 Å². The molecule has 3 rings (SSSR count). The Bertz CT molecular complexity index is 847. The van der Waals surface area contributed by atoms with E-state index in [-0.39, 0.29) is 11.9 Å². The molecule has 128 valence electrons. The maximum absolute atomic E-state index is 13.2. The van der Waals surface area contributed by atoms with Gasteiger partial charge in [-0.25, -0.2) is 4.39 Å². The van der Waals surface area contributed by atoms with Crippen LogP contribution in [0.25, 0.3) is 0 Å². The number of anilines is 1. The summed E-state index contributed by atoms with van der Waals surface area (Å²) in [5.74, 6) is 0.400. The molecular weight excluding hydrogens is 335 g/mol. The monoisotopic (exact) mass is 354 g/mol. The molecule has 3 aromatic rings. The Kier molecular flexibility index (Phi) is 5.40. The fraction of sp³-hybridized carbons (Fsp3) is 0.158. The minimum Gasteiger partial charge on any atom is -0.356 e. The van der Waals surface area contributed by atoms with E-state index in [9.17, 15) is 4.39 Å². The molecule has 0 aliphatic carbocycles. The van der Waals surface area contributed by atoms with Crippen molar-refractivity contribution in [3.8, 4) is 0 Å². The summed E-state index contributed by atoms with van der Waals surface area (Å²) >= 11 is 5.35. The fourth-order valence-corrected chi connectivity index (χ4v) is 2.79. The summed E-state index contributed by atoms with van der Waals surface area (Å²) < 4.78 is 15.0. The van der Waals surface area contributed by atoms with Crippen LogP contribution >= 0.6 is 12.2 Å². The zero-order valence-electron chi connectivity index (χ0n) is 13.8. The first-order valence-electron chi connectivity index (χ1n) is 8.00. The second kappa shape index (κ2) is 7.90. The predicted octanol–water partition coefficient (Wildman–Crippen LogP) is 4.12. The standard InChI is InChI=1S/C19H19FN4S/c1-14(16-7-3-2-4-8-16)21-19(25)22-18-10-11-24(23-18)13-15-6-5-9-17(20)12-15/h2-12,14H,13H2,1H3,(H2,21,22,23,25). The highest BCUT2D eigenvalue weighted by atomic mass is 32.1. The molecule has 25 heavy (non-hydrogen) atoms. The summed E-state index contributed by atoms with van der Waals surface area (Å²) in [7, 11) is 0. The van der Waals surface area contributed by atoms with Gasteiger partial charge < -0.3 is 10.6 Å². The molecule has 1 heterocycles. The van der Waals surface area contributed by atoms with Crippen LogP contribution in [0.3, 0.4) is 0 Å². The molecule has 2 aromatic carbocycles. The molecule has 1 aromatic heterocycles. The zero-order chi connectivity index (χ0) is 17.6. The lowest BCUT2D eigenvalue weighted by molar-refractivity contribution is 0.619. The third-order valence-electron chi connectivity index (χ3n) is 3.76. The molecule has 1 atom stereocenters. The van der Waals surface area contributed by atoms with E-state index in [4.69, 9.17) is 12.2 Å². The first-order valence-corrected chi connectivity index (χ1v) is 8.41. The van der Waals surface area contributed by atoms with E-state index < -0.39 is 0 Å². The molecule has 0 radical (unpaired) electrons. The van der Waals surface area contributed by atoms with Crippen LogP contribution in [0.4, 0.5) is 10.2 Å². The van der Waals surface area contributed by atoms with Gasteiger partial charge in [0, 0.05) is 12.3 Å². The molecular formula is C19H19FN4S. The summed E-state index contributed by atoms with van der Waals surface area (Å²) in [5.41, 5.74) is 2.01. The van der Waals surface area contributed by atoms with Gasteiger partial charge in [0.05, 0.1) is 12.6 Å². The Morgan fingerprint density at radius 3 is 2.72 bits per heavy atom. The first kappa shape index (κ1) is 17.1. The van der Waals surface area contributed by atoms with Crippen LogP contribution in [0.5, 0.6) is 0 Å². The van der Waals surface area contributed by atoms with Crippen molar-refractivity contribution in [1.29, 1.82) is 0 Å². The SMILES string of the molecule is CC(NC(=S)Nc1ccn(Cc2cccc(F)c2)n1)c1ccccc1. The van der Waals surface area contributed by atoms with Crippen molar-refractivity contribution in [3.63, 3.8) is 0 Å². The van der Waals surface area contributed by atoms with Gasteiger partial charge in [-0.3, -0.25) is 4.68 Å². The largest absolute Gasteiger partial charge is 0.356 e. The minimum atomic E-state index is -0.247. The molecule has 0 fully saturated rings. The van der Waals surface area contributed by atoms with Crippen LogP contribution in [0.15, 0.2) is 66.9 Å². The number of aromatic nitrogens is 2. The molecule has 0 aliphatic rings. The van der Waals surface area contributed by atoms with E-state index in [2.05, 4.69) is 15.7 Å². The topological polar surface area (TPSA) is 41.9 Å². The van der Waals surface area contributed by atoms with Crippen molar-refractivity contribution < 1.29 is 4.39 Å². The zero-order valence-corrected chi connectivity index (χ0v) is 14.6. The Labute approximate surface area is 151 Å². The Morgan fingerprint density at radius 1 is 1.16 bits per heavy atom. The van der Waals surface area contributed by atoms with Crippen molar-refractivity contribution in [2.24, 2.45) is 0 Å². The second-order valence-corrected chi connectivity index (χ2v) is 6.17. The van der Waals surface area contributed by atoms with Crippen LogP contribution in [0, 0.1) is 5.82 Å². The van der Waals surface area contributed by atoms with Gasteiger partial charge in [-0.1, -0.05) is 42.5 Å². The summed E-state index contributed by atoms with van der Waals surface area (Å²) in [5, 5.41) is 11.2. The highest BCUT2D eigenvalue weighted by Crippen LogP contribution is 2.12. The number of hydrogen-bond acceptors (Lipinski definition) is 2. The first-order chi connectivity index (χ1) is 12.1. The summed E-state index contributed by atoms with van der Waals surface area (Å²) in [6.45, 7) is 2.55. The van der Waals surface area contributed by atoms with Gasteiger partial charge in [0.15, 0.2) is 10.9 Å². The predicted molar refractivity (Wildman–Crippen MR) is 102 cm³/mol. The van der Waals surface area contributed by atoms with Gasteiger partial charge >= 0.3 is 0 Å². The van der Waals surface area contributed by atoms with E-state index >= 15 is 0 Å². The highest BCUT2D eigenvalue weighted by Gasteiger charge is 2.08. The van der Waals surface area contributed by atoms with Gasteiger partial charge in [0.1, 0.15) is 5.82 Å². The van der Waals surface area contributed by atoms with Crippen LogP contribution in [-0.2, 0) is 6.54 Å². The number of thiocarbonyl (C=S) groups is 1. The molecule has 0 saturated heterocycles. The molecule has 0 aliphatic heterocycles. The molecule has 1 unspecified atom stereocenters. The van der Waals surface area contributed by atoms with E-state index in [0.29, 0.717) is 17.5 Å². The van der Waals surface area contributed by atoms with Gasteiger partial charge in [0.2, 0.25) is 0 Å². The third kappa shape index (κ3) is 4.87. The lowest BCUT2D eigenvalue weighted by Gasteiger charge is -2.16. The smallest absolute Gasteiger partial charge is 0.172 e. The Hall–Kier alpha value is -2.73. The summed E-state index contributed by atoms with van der Waals surface area (Å²) in [4.78, 5) is 0. The summed E-state index contributed by atoms with van der Waals surface area (Å²) in [6, 6.07) is 18.5. The van der Waals surface area contributed by atoms with Crippen molar-refractivity contribution >= 4 is 23.1 Å². The Morgan fingerprint density at radius 2 is 1.96 bits per heavy atom. The van der Waals surface area contributed by atoms with Crippen LogP contribution < -0.4 is 10.6 Å². The number of hydrogen-bond donors (Lipinski definition) is 2. The van der Waals surface area contributed by atoms with Gasteiger partial charge in [-0.05, 0) is 42.4 Å². The van der Waals surface area contributed by atoms with Crippen molar-refractivity contribution in [3.05, 3.63) is 83.8 Å². The molecule has 0 spiro atoms. The minimum absolute atomic E-state index is 0.0931. The van der Waals surface area contributed by atoms with E-state index in [0.717, 1.165) is 11.1 Å². The van der Waals surface area contributed by atoms with Gasteiger partial charge in [0.25, 0.3) is 0 Å². The lowest BCUT2D eigenvalue weighted by atomic mass is 10.1. The van der Waals surface area contributed by atoms with Crippen molar-refractivity contribution in [1.82, 2.24) is 15.1 Å². The number of nitrogens with one attached hydrogen (secondary N) is 2. The van der Waals surface area contributed by atoms with E-state index in [1.54, 1.807) is 10.7 Å². The third-order valence-corrected chi connectivity index (χ3v) is 3.98. The number of benzene rings is 2. The average molecular weight is 354 g/mol. The number of rotatable bonds is 5. The van der Waals surface area contributed by atoms with Gasteiger partial charge in [-0.15, -0.1) is 0 Å². The Balaban J connectivity index is 1.56. The maximum atomic E-state index is 13.2. The molecule has 0 amide bonds. The summed E-state index contributed by atoms with van der Waals surface area (Å²) in [6.07, 6.45) is 1.83. The average Bonchev–Trinajstić information content (AvgIpc) is 3.02. The lowest BCUT2D eigenvalue weighted by Crippen LogP contribution is -2.31. The van der Waals surface area contributed by atoms with E-state index in [1.807, 2.05) is 55.6 Å². The molecule has 4 nitrogen and oxygen atoms in total. The van der Waals surface area contributed by atoms with Crippen molar-refractivity contribution in [2.75, 3.05) is 5.32 Å². The highest BCUT2D eigenvalue weighted by molar-refractivity contribution is 7.80.